The second-order valence-electron chi connectivity index (χ2n) is 16.6. The molecule has 2 heterocycles. The molecule has 6 rings (SSSR count). The molecule has 0 saturated carbocycles. The minimum Gasteiger partial charge on any atom is -0.506 e. The molecule has 0 amide bonds. The molecule has 0 spiro atoms. The SMILES string of the molecule is CCCCCCCCCCCC[N+]1=C(/C=C2/C(=O)C(/C=C3\N(CC)c4ccc(P(=O)(OCC)OCC)cc4C3(C)C)=C2O)C(C)(C)c2c1ccc1ccccc21. The number of fused-ring (bicyclic) bond motifs is 4. The zero-order valence-corrected chi connectivity index (χ0v) is 36.1. The van der Waals surface area contributed by atoms with Crippen LogP contribution in [0.3, 0.4) is 0 Å². The molecule has 0 saturated heterocycles. The minimum absolute atomic E-state index is 0.0335. The number of benzene rings is 3. The molecule has 0 bridgehead atoms. The van der Waals surface area contributed by atoms with Crippen molar-refractivity contribution in [2.45, 2.75) is 130 Å². The maximum atomic E-state index is 14.2. The van der Waals surface area contributed by atoms with E-state index in [0.29, 0.717) is 23.0 Å². The van der Waals surface area contributed by atoms with Gasteiger partial charge in [0.15, 0.2) is 5.71 Å². The summed E-state index contributed by atoms with van der Waals surface area (Å²) in [5.74, 6) is -0.120. The molecule has 56 heavy (non-hydrogen) atoms. The number of unbranched alkanes of at least 4 members (excludes halogenated alkanes) is 9. The predicted octanol–water partition coefficient (Wildman–Crippen LogP) is 12.1. The lowest BCUT2D eigenvalue weighted by Gasteiger charge is -2.28. The van der Waals surface area contributed by atoms with E-state index in [0.717, 1.165) is 35.6 Å². The highest BCUT2D eigenvalue weighted by Gasteiger charge is 2.48. The molecule has 1 N–H and O–H groups in total. The number of nitrogens with zero attached hydrogens (tertiary/aromatic N) is 2. The molecule has 0 fully saturated rings. The Morgan fingerprint density at radius 2 is 1.43 bits per heavy atom. The third-order valence-corrected chi connectivity index (χ3v) is 14.3. The van der Waals surface area contributed by atoms with Crippen molar-refractivity contribution in [3.05, 3.63) is 100 Å². The van der Waals surface area contributed by atoms with E-state index in [-0.39, 0.29) is 30.2 Å². The fourth-order valence-corrected chi connectivity index (χ4v) is 10.7. The van der Waals surface area contributed by atoms with Crippen LogP contribution in [-0.4, -0.2) is 47.5 Å². The number of ketones is 1. The van der Waals surface area contributed by atoms with Crippen LogP contribution in [0.1, 0.15) is 131 Å². The maximum Gasteiger partial charge on any atom is 0.361 e. The Labute approximate surface area is 335 Å². The molecule has 7 nitrogen and oxygen atoms in total. The summed E-state index contributed by atoms with van der Waals surface area (Å²) in [5.41, 5.74) is 6.11. The van der Waals surface area contributed by atoms with Crippen molar-refractivity contribution < 1.29 is 28.1 Å². The molecule has 0 atom stereocenters. The van der Waals surface area contributed by atoms with Gasteiger partial charge in [0.05, 0.1) is 35.1 Å². The van der Waals surface area contributed by atoms with Gasteiger partial charge in [-0.05, 0) is 87.7 Å². The Kier molecular flexibility index (Phi) is 13.0. The van der Waals surface area contributed by atoms with E-state index in [4.69, 9.17) is 9.05 Å². The van der Waals surface area contributed by atoms with Crippen LogP contribution in [0.2, 0.25) is 0 Å². The molecule has 0 aromatic heterocycles. The Bertz CT molecular complexity index is 2130. The fraction of sp³-hybridized carbons (Fsp3) is 0.500. The molecular weight excluding hydrogens is 716 g/mol. The first-order chi connectivity index (χ1) is 26.8. The highest BCUT2D eigenvalue weighted by atomic mass is 31.2. The number of aliphatic hydroxyl groups excluding tert-OH is 1. The van der Waals surface area contributed by atoms with E-state index in [1.807, 2.05) is 44.2 Å². The Morgan fingerprint density at radius 3 is 2.05 bits per heavy atom. The van der Waals surface area contributed by atoms with Crippen molar-refractivity contribution in [3.8, 4) is 0 Å². The lowest BCUT2D eigenvalue weighted by Crippen LogP contribution is -2.32. The van der Waals surface area contributed by atoms with Crippen LogP contribution < -0.4 is 10.2 Å². The summed E-state index contributed by atoms with van der Waals surface area (Å²) < 4.78 is 27.5. The second kappa shape index (κ2) is 17.4. The number of carbonyl (C=O) groups excluding carboxylic acids is 1. The van der Waals surface area contributed by atoms with Crippen LogP contribution >= 0.6 is 7.60 Å². The summed E-state index contributed by atoms with van der Waals surface area (Å²) in [6.07, 6.45) is 16.6. The van der Waals surface area contributed by atoms with Crippen LogP contribution in [0.25, 0.3) is 10.8 Å². The van der Waals surface area contributed by atoms with Crippen molar-refractivity contribution in [1.29, 1.82) is 0 Å². The summed E-state index contributed by atoms with van der Waals surface area (Å²) in [4.78, 5) is 16.3. The van der Waals surface area contributed by atoms with Crippen LogP contribution in [0, 0.1) is 0 Å². The van der Waals surface area contributed by atoms with Crippen LogP contribution in [-0.2, 0) is 29.2 Å². The minimum atomic E-state index is -3.50. The van der Waals surface area contributed by atoms with Gasteiger partial charge in [-0.25, -0.2) is 0 Å². The summed E-state index contributed by atoms with van der Waals surface area (Å²) in [5, 5.41) is 14.7. The number of Topliss-reactive ketones (excluding diaryl/α,β-unsaturated/α-hetero) is 1. The fourth-order valence-electron chi connectivity index (χ4n) is 9.14. The van der Waals surface area contributed by atoms with E-state index in [9.17, 15) is 14.5 Å². The van der Waals surface area contributed by atoms with Gasteiger partial charge in [-0.1, -0.05) is 96.4 Å². The molecule has 1 aliphatic carbocycles. The van der Waals surface area contributed by atoms with Crippen molar-refractivity contribution >= 4 is 46.5 Å². The smallest absolute Gasteiger partial charge is 0.361 e. The van der Waals surface area contributed by atoms with Gasteiger partial charge in [-0.3, -0.25) is 9.36 Å². The number of allylic oxidation sites excluding steroid dienone is 5. The molecule has 3 aromatic rings. The van der Waals surface area contributed by atoms with Crippen LogP contribution in [0.4, 0.5) is 11.4 Å². The van der Waals surface area contributed by atoms with E-state index < -0.39 is 13.0 Å². The zero-order valence-electron chi connectivity index (χ0n) is 35.2. The normalized spacial score (nSPS) is 18.8. The van der Waals surface area contributed by atoms with Gasteiger partial charge in [0.25, 0.3) is 0 Å². The number of likely N-dealkylation sites (N-methyl/N-ethyl adjacent to an activating group) is 1. The van der Waals surface area contributed by atoms with Gasteiger partial charge in [0, 0.05) is 47.5 Å². The summed E-state index contributed by atoms with van der Waals surface area (Å²) in [6.45, 7) is 18.7. The number of carbonyl (C=O) groups is 1. The van der Waals surface area contributed by atoms with Crippen molar-refractivity contribution in [2.24, 2.45) is 0 Å². The first-order valence-corrected chi connectivity index (χ1v) is 22.8. The first-order valence-electron chi connectivity index (χ1n) is 21.3. The van der Waals surface area contributed by atoms with E-state index >= 15 is 0 Å². The van der Waals surface area contributed by atoms with Gasteiger partial charge in [-0.2, -0.15) is 4.58 Å². The van der Waals surface area contributed by atoms with E-state index in [1.165, 1.54) is 79.8 Å². The molecule has 3 aromatic carbocycles. The van der Waals surface area contributed by atoms with Gasteiger partial charge >= 0.3 is 7.60 Å². The molecule has 2 aliphatic heterocycles. The lowest BCUT2D eigenvalue weighted by atomic mass is 9.76. The summed E-state index contributed by atoms with van der Waals surface area (Å²) in [7, 11) is -3.50. The number of aliphatic hydroxyl groups is 1. The average molecular weight is 780 g/mol. The highest BCUT2D eigenvalue weighted by molar-refractivity contribution is 7.62. The van der Waals surface area contributed by atoms with Gasteiger partial charge < -0.3 is 19.1 Å². The number of rotatable bonds is 19. The Morgan fingerprint density at radius 1 is 0.786 bits per heavy atom. The van der Waals surface area contributed by atoms with E-state index in [1.54, 1.807) is 0 Å². The number of hydrogen-bond acceptors (Lipinski definition) is 6. The van der Waals surface area contributed by atoms with E-state index in [2.05, 4.69) is 87.4 Å². The monoisotopic (exact) mass is 779 g/mol. The molecule has 0 radical (unpaired) electrons. The highest BCUT2D eigenvalue weighted by Crippen LogP contribution is 2.53. The number of anilines is 1. The largest absolute Gasteiger partial charge is 0.506 e. The van der Waals surface area contributed by atoms with Gasteiger partial charge in [-0.15, -0.1) is 0 Å². The molecule has 300 valence electrons. The molecular formula is C48H64N2O5P+. The van der Waals surface area contributed by atoms with Crippen molar-refractivity contribution in [2.75, 3.05) is 31.2 Å². The Balaban J connectivity index is 1.31. The summed E-state index contributed by atoms with van der Waals surface area (Å²) in [6, 6.07) is 18.7. The third kappa shape index (κ3) is 7.76. The van der Waals surface area contributed by atoms with Crippen LogP contribution in [0.5, 0.6) is 0 Å². The average Bonchev–Trinajstić information content (AvgIpc) is 3.54. The lowest BCUT2D eigenvalue weighted by molar-refractivity contribution is -0.438. The first kappa shape index (κ1) is 41.9. The van der Waals surface area contributed by atoms with Crippen molar-refractivity contribution in [1.82, 2.24) is 0 Å². The predicted molar refractivity (Wildman–Crippen MR) is 232 cm³/mol. The topological polar surface area (TPSA) is 79.1 Å². The maximum absolute atomic E-state index is 14.2. The van der Waals surface area contributed by atoms with Gasteiger partial charge in [0.1, 0.15) is 12.3 Å². The number of hydrogen-bond donors (Lipinski definition) is 1. The quantitative estimate of drug-likeness (QED) is 0.0565. The standard InChI is InChI=1S/C48H63N2O5P/c1-9-13-14-15-16-17-18-19-20-23-30-50-41-28-26-34-24-21-22-25-36(34)44(41)48(7,8)43(50)33-38-45(51)37(46(38)52)32-42-47(5,6)39-31-35(27-29-40(39)49(42)10-2)56(53,54-11-3)55-12-4/h21-22,24-29,31-33H,9-20,23,30H2,1-8H3/p+1. The second-order valence-corrected chi connectivity index (χ2v) is 18.6. The third-order valence-electron chi connectivity index (χ3n) is 12.2. The van der Waals surface area contributed by atoms with Crippen LogP contribution in [0.15, 0.2) is 89.4 Å². The molecule has 8 heteroatoms. The van der Waals surface area contributed by atoms with Gasteiger partial charge in [0.2, 0.25) is 11.5 Å². The Hall–Kier alpha value is -3.77. The summed E-state index contributed by atoms with van der Waals surface area (Å²) >= 11 is 0. The zero-order chi connectivity index (χ0) is 40.3. The molecule has 0 unspecified atom stereocenters. The molecule has 3 aliphatic rings. The van der Waals surface area contributed by atoms with Crippen molar-refractivity contribution in [3.63, 3.8) is 0 Å².